The molecule has 1 aliphatic carbocycles. The predicted octanol–water partition coefficient (Wildman–Crippen LogP) is 4.25. The molecule has 0 unspecified atom stereocenters. The van der Waals surface area contributed by atoms with E-state index >= 15 is 0 Å². The molecule has 7 heteroatoms. The Kier molecular flexibility index (Phi) is 5.10. The molecular weight excluding hydrogens is 426 g/mol. The highest BCUT2D eigenvalue weighted by molar-refractivity contribution is 5.95. The molecule has 2 aliphatic rings. The zero-order valence-corrected chi connectivity index (χ0v) is 19.8. The number of pyridine rings is 1. The maximum absolute atomic E-state index is 13.1. The van der Waals surface area contributed by atoms with E-state index in [1.165, 1.54) is 12.8 Å². The highest BCUT2D eigenvalue weighted by Gasteiger charge is 2.27. The minimum Gasteiger partial charge on any atom is -0.495 e. The van der Waals surface area contributed by atoms with Gasteiger partial charge < -0.3 is 24.3 Å². The highest BCUT2D eigenvalue weighted by atomic mass is 16.5. The summed E-state index contributed by atoms with van der Waals surface area (Å²) in [5.41, 5.74) is 11.8. The van der Waals surface area contributed by atoms with E-state index in [2.05, 4.69) is 28.0 Å². The summed E-state index contributed by atoms with van der Waals surface area (Å²) in [5.74, 6) is 1.63. The molecular formula is C27H31N5O2. The Labute approximate surface area is 199 Å². The van der Waals surface area contributed by atoms with E-state index in [9.17, 15) is 4.79 Å². The van der Waals surface area contributed by atoms with Crippen LogP contribution in [0.25, 0.3) is 27.9 Å². The number of piperidine rings is 1. The standard InChI is InChI=1S/C27H31N5O2/c1-17-25(22-13-19-5-3-7-23(34-2)26(19)32(22)15-18-8-9-18)29-24-14-20(10-12-31(17)24)27(33)30-11-4-6-21(28)16-30/h3,5,7,10,12-14,18,21H,4,6,8-9,11,15-16,28H2,1-2H3/t21-/m1/s1. The summed E-state index contributed by atoms with van der Waals surface area (Å²) >= 11 is 0. The number of rotatable bonds is 5. The Balaban J connectivity index is 1.44. The van der Waals surface area contributed by atoms with E-state index in [-0.39, 0.29) is 11.9 Å². The van der Waals surface area contributed by atoms with Gasteiger partial charge in [0.15, 0.2) is 0 Å². The van der Waals surface area contributed by atoms with Gasteiger partial charge in [-0.3, -0.25) is 4.79 Å². The molecule has 4 aromatic rings. The minimum absolute atomic E-state index is 0.0347. The molecule has 1 amide bonds. The lowest BCUT2D eigenvalue weighted by molar-refractivity contribution is 0.0709. The number of carbonyl (C=O) groups excluding carboxylic acids is 1. The van der Waals surface area contributed by atoms with Crippen LogP contribution in [-0.4, -0.2) is 51.0 Å². The molecule has 4 heterocycles. The summed E-state index contributed by atoms with van der Waals surface area (Å²) in [7, 11) is 1.73. The number of aromatic nitrogens is 3. The Hall–Kier alpha value is -3.32. The number of fused-ring (bicyclic) bond motifs is 2. The van der Waals surface area contributed by atoms with E-state index in [1.807, 2.05) is 35.4 Å². The van der Waals surface area contributed by atoms with Crippen molar-refractivity contribution in [3.8, 4) is 17.1 Å². The molecule has 1 aromatic carbocycles. The molecule has 0 radical (unpaired) electrons. The molecule has 2 N–H and O–H groups in total. The van der Waals surface area contributed by atoms with Crippen LogP contribution >= 0.6 is 0 Å². The minimum atomic E-state index is 0.0347. The lowest BCUT2D eigenvalue weighted by Crippen LogP contribution is -2.45. The van der Waals surface area contributed by atoms with Gasteiger partial charge in [-0.1, -0.05) is 12.1 Å². The molecule has 0 spiro atoms. The van der Waals surface area contributed by atoms with Crippen molar-refractivity contribution in [2.45, 2.75) is 45.2 Å². The summed E-state index contributed by atoms with van der Waals surface area (Å²) in [4.78, 5) is 20.0. The van der Waals surface area contributed by atoms with Crippen LogP contribution in [0, 0.1) is 12.8 Å². The molecule has 1 atom stereocenters. The molecule has 1 saturated heterocycles. The molecule has 2 fully saturated rings. The number of amides is 1. The molecule has 7 nitrogen and oxygen atoms in total. The smallest absolute Gasteiger partial charge is 0.254 e. The fourth-order valence-electron chi connectivity index (χ4n) is 5.32. The predicted molar refractivity (Wildman–Crippen MR) is 133 cm³/mol. The van der Waals surface area contributed by atoms with Gasteiger partial charge in [-0.05, 0) is 62.8 Å². The van der Waals surface area contributed by atoms with Crippen LogP contribution in [0.3, 0.4) is 0 Å². The number of carbonyl (C=O) groups is 1. The van der Waals surface area contributed by atoms with Crippen LogP contribution < -0.4 is 10.5 Å². The highest BCUT2D eigenvalue weighted by Crippen LogP contribution is 2.39. The number of hydrogen-bond acceptors (Lipinski definition) is 4. The lowest BCUT2D eigenvalue weighted by Gasteiger charge is -2.30. The summed E-state index contributed by atoms with van der Waals surface area (Å²) in [6.07, 6.45) is 6.43. The van der Waals surface area contributed by atoms with E-state index in [1.54, 1.807) is 7.11 Å². The third-order valence-electron chi connectivity index (χ3n) is 7.34. The Morgan fingerprint density at radius 3 is 2.82 bits per heavy atom. The van der Waals surface area contributed by atoms with Gasteiger partial charge in [0.2, 0.25) is 0 Å². The van der Waals surface area contributed by atoms with Crippen molar-refractivity contribution < 1.29 is 9.53 Å². The van der Waals surface area contributed by atoms with Crippen molar-refractivity contribution in [2.75, 3.05) is 20.2 Å². The SMILES string of the molecule is COc1cccc2cc(-c3nc4cc(C(=O)N5CCC[C@@H](N)C5)ccn4c3C)n(CC3CC3)c12. The number of para-hydroxylation sites is 1. The molecule has 176 valence electrons. The lowest BCUT2D eigenvalue weighted by atomic mass is 10.1. The number of aryl methyl sites for hydroxylation is 1. The summed E-state index contributed by atoms with van der Waals surface area (Å²) in [6, 6.07) is 12.3. The molecule has 34 heavy (non-hydrogen) atoms. The Morgan fingerprint density at radius 2 is 2.06 bits per heavy atom. The third kappa shape index (κ3) is 3.55. The van der Waals surface area contributed by atoms with Crippen molar-refractivity contribution in [2.24, 2.45) is 11.7 Å². The number of likely N-dealkylation sites (tertiary alicyclic amines) is 1. The molecule has 3 aromatic heterocycles. The van der Waals surface area contributed by atoms with Crippen LogP contribution in [0.15, 0.2) is 42.6 Å². The first-order chi connectivity index (χ1) is 16.5. The zero-order valence-electron chi connectivity index (χ0n) is 19.8. The van der Waals surface area contributed by atoms with Crippen LogP contribution in [0.4, 0.5) is 0 Å². The molecule has 1 aliphatic heterocycles. The second-order valence-electron chi connectivity index (χ2n) is 9.82. The van der Waals surface area contributed by atoms with Gasteiger partial charge in [0.25, 0.3) is 5.91 Å². The van der Waals surface area contributed by atoms with Gasteiger partial charge in [0.1, 0.15) is 17.1 Å². The summed E-state index contributed by atoms with van der Waals surface area (Å²) in [5, 5.41) is 1.16. The van der Waals surface area contributed by atoms with E-state index in [0.717, 1.165) is 65.3 Å². The number of nitrogens with zero attached hydrogens (tertiary/aromatic N) is 4. The fourth-order valence-corrected chi connectivity index (χ4v) is 5.32. The topological polar surface area (TPSA) is 77.8 Å². The molecule has 0 bridgehead atoms. The summed E-state index contributed by atoms with van der Waals surface area (Å²) in [6.45, 7) is 4.44. The number of benzene rings is 1. The monoisotopic (exact) mass is 457 g/mol. The maximum atomic E-state index is 13.1. The van der Waals surface area contributed by atoms with Crippen LogP contribution in [0.5, 0.6) is 5.75 Å². The van der Waals surface area contributed by atoms with E-state index < -0.39 is 0 Å². The first-order valence-corrected chi connectivity index (χ1v) is 12.2. The van der Waals surface area contributed by atoms with Gasteiger partial charge in [-0.15, -0.1) is 0 Å². The normalized spacial score (nSPS) is 18.7. The van der Waals surface area contributed by atoms with Gasteiger partial charge in [-0.25, -0.2) is 4.98 Å². The average molecular weight is 458 g/mol. The van der Waals surface area contributed by atoms with Gasteiger partial charge in [-0.2, -0.15) is 0 Å². The number of ether oxygens (including phenoxy) is 1. The van der Waals surface area contributed by atoms with E-state index in [4.69, 9.17) is 15.5 Å². The van der Waals surface area contributed by atoms with Gasteiger partial charge >= 0.3 is 0 Å². The quantitative estimate of drug-likeness (QED) is 0.486. The van der Waals surface area contributed by atoms with Crippen molar-refractivity contribution in [3.05, 3.63) is 53.9 Å². The number of hydrogen-bond donors (Lipinski definition) is 1. The number of imidazole rings is 1. The third-order valence-corrected chi connectivity index (χ3v) is 7.34. The van der Waals surface area contributed by atoms with Crippen LogP contribution in [0.2, 0.25) is 0 Å². The number of nitrogens with two attached hydrogens (primary N) is 1. The average Bonchev–Trinajstić information content (AvgIpc) is 3.52. The van der Waals surface area contributed by atoms with E-state index in [0.29, 0.717) is 18.0 Å². The molecule has 1 saturated carbocycles. The van der Waals surface area contributed by atoms with Crippen molar-refractivity contribution in [1.29, 1.82) is 0 Å². The molecule has 6 rings (SSSR count). The maximum Gasteiger partial charge on any atom is 0.254 e. The fraction of sp³-hybridized carbons (Fsp3) is 0.407. The van der Waals surface area contributed by atoms with Crippen molar-refractivity contribution in [1.82, 2.24) is 18.9 Å². The second-order valence-corrected chi connectivity index (χ2v) is 9.82. The van der Waals surface area contributed by atoms with Gasteiger partial charge in [0.05, 0.1) is 18.3 Å². The van der Waals surface area contributed by atoms with Gasteiger partial charge in [0, 0.05) is 48.5 Å². The van der Waals surface area contributed by atoms with Crippen molar-refractivity contribution in [3.63, 3.8) is 0 Å². The largest absolute Gasteiger partial charge is 0.495 e. The first-order valence-electron chi connectivity index (χ1n) is 12.2. The Bertz CT molecular complexity index is 1400. The zero-order chi connectivity index (χ0) is 23.4. The number of methoxy groups -OCH3 is 1. The Morgan fingerprint density at radius 1 is 1.21 bits per heavy atom. The first kappa shape index (κ1) is 21.2. The summed E-state index contributed by atoms with van der Waals surface area (Å²) < 4.78 is 10.2. The second kappa shape index (κ2) is 8.17. The van der Waals surface area contributed by atoms with Crippen LogP contribution in [-0.2, 0) is 6.54 Å². The van der Waals surface area contributed by atoms with Crippen molar-refractivity contribution >= 4 is 22.5 Å². The van der Waals surface area contributed by atoms with Crippen LogP contribution in [0.1, 0.15) is 41.7 Å².